The summed E-state index contributed by atoms with van der Waals surface area (Å²) in [5.74, 6) is -0.983. The van der Waals surface area contributed by atoms with E-state index in [9.17, 15) is 23.1 Å². The van der Waals surface area contributed by atoms with Gasteiger partial charge in [0.15, 0.2) is 5.65 Å². The number of nitrogens with two attached hydrogens (primary N) is 2. The van der Waals surface area contributed by atoms with E-state index in [-0.39, 0.29) is 52.8 Å². The van der Waals surface area contributed by atoms with Crippen LogP contribution in [0.25, 0.3) is 16.9 Å². The van der Waals surface area contributed by atoms with Crippen molar-refractivity contribution in [2.75, 3.05) is 5.73 Å². The average molecular weight is 407 g/mol. The van der Waals surface area contributed by atoms with Crippen molar-refractivity contribution in [1.82, 2.24) is 14.5 Å². The first-order valence-electron chi connectivity index (χ1n) is 9.14. The summed E-state index contributed by atoms with van der Waals surface area (Å²) in [6.07, 6.45) is -1.36. The summed E-state index contributed by atoms with van der Waals surface area (Å²) in [5.41, 5.74) is 10.4. The molecule has 4 rings (SSSR count). The van der Waals surface area contributed by atoms with E-state index < -0.39 is 17.5 Å². The highest BCUT2D eigenvalue weighted by Crippen LogP contribution is 2.58. The third kappa shape index (κ3) is 2.61. The summed E-state index contributed by atoms with van der Waals surface area (Å²) >= 11 is 0. The van der Waals surface area contributed by atoms with Crippen LogP contribution in [0.2, 0.25) is 0 Å². The molecule has 154 valence electrons. The minimum absolute atomic E-state index is 0.0580. The summed E-state index contributed by atoms with van der Waals surface area (Å²) < 4.78 is 42.1. The van der Waals surface area contributed by atoms with Crippen LogP contribution in [0.1, 0.15) is 49.2 Å². The highest BCUT2D eigenvalue weighted by Gasteiger charge is 2.65. The Kier molecular flexibility index (Phi) is 3.97. The number of hydrogen-bond donors (Lipinski definition) is 3. The quantitative estimate of drug-likeness (QED) is 0.720. The monoisotopic (exact) mass is 407 g/mol. The first kappa shape index (κ1) is 19.3. The maximum atomic E-state index is 13.5. The molecule has 0 radical (unpaired) electrons. The topological polar surface area (TPSA) is 120 Å². The molecule has 29 heavy (non-hydrogen) atoms. The van der Waals surface area contributed by atoms with E-state index in [1.54, 1.807) is 13.0 Å². The van der Waals surface area contributed by atoms with Crippen molar-refractivity contribution in [1.29, 1.82) is 0 Å². The van der Waals surface area contributed by atoms with Crippen LogP contribution in [0.15, 0.2) is 23.6 Å². The van der Waals surface area contributed by atoms with Gasteiger partial charge in [-0.3, -0.25) is 9.36 Å². The molecule has 0 spiro atoms. The van der Waals surface area contributed by atoms with Gasteiger partial charge in [-0.15, -0.1) is 0 Å². The highest BCUT2D eigenvalue weighted by atomic mass is 19.4. The molecule has 0 bridgehead atoms. The van der Waals surface area contributed by atoms with Gasteiger partial charge in [0.05, 0.1) is 11.9 Å². The molecule has 2 heterocycles. The van der Waals surface area contributed by atoms with E-state index in [2.05, 4.69) is 9.97 Å². The van der Waals surface area contributed by atoms with E-state index in [0.717, 1.165) is 6.20 Å². The molecule has 0 saturated heterocycles. The van der Waals surface area contributed by atoms with Crippen molar-refractivity contribution >= 4 is 28.6 Å². The number of aliphatic hydroxyl groups excluding tert-OH is 1. The number of primary amides is 1. The average Bonchev–Trinajstić information content (AvgIpc) is 3.39. The number of nitrogens with zero attached hydrogens (tertiary/aromatic N) is 3. The van der Waals surface area contributed by atoms with Gasteiger partial charge in [0, 0.05) is 17.2 Å². The maximum absolute atomic E-state index is 13.5. The predicted octanol–water partition coefficient (Wildman–Crippen LogP) is 3.42. The third-order valence-corrected chi connectivity index (χ3v) is 5.87. The number of amides is 1. The number of fused-ring (bicyclic) bond motifs is 1. The lowest BCUT2D eigenvalue weighted by Crippen LogP contribution is -2.29. The van der Waals surface area contributed by atoms with Gasteiger partial charge in [-0.1, -0.05) is 6.92 Å². The zero-order valence-electron chi connectivity index (χ0n) is 15.8. The van der Waals surface area contributed by atoms with Crippen LogP contribution in [0.3, 0.4) is 0 Å². The molecule has 0 aromatic carbocycles. The molecule has 1 atom stereocenters. The number of aromatic nitrogens is 3. The van der Waals surface area contributed by atoms with Gasteiger partial charge in [0.1, 0.15) is 28.1 Å². The van der Waals surface area contributed by atoms with Crippen LogP contribution < -0.4 is 11.5 Å². The predicted molar refractivity (Wildman–Crippen MR) is 101 cm³/mol. The summed E-state index contributed by atoms with van der Waals surface area (Å²) in [4.78, 5) is 20.5. The van der Waals surface area contributed by atoms with Gasteiger partial charge >= 0.3 is 6.18 Å². The third-order valence-electron chi connectivity index (χ3n) is 5.87. The Balaban J connectivity index is 2.02. The second-order valence-corrected chi connectivity index (χ2v) is 7.70. The zero-order chi connectivity index (χ0) is 21.3. The Labute approximate surface area is 163 Å². The second-order valence-electron chi connectivity index (χ2n) is 7.70. The lowest BCUT2D eigenvalue weighted by molar-refractivity contribution is -0.161. The molecule has 1 fully saturated rings. The van der Waals surface area contributed by atoms with Crippen LogP contribution in [-0.2, 0) is 5.41 Å². The van der Waals surface area contributed by atoms with Gasteiger partial charge in [-0.05, 0) is 32.3 Å². The van der Waals surface area contributed by atoms with Gasteiger partial charge in [-0.25, -0.2) is 9.97 Å². The van der Waals surface area contributed by atoms with Crippen molar-refractivity contribution in [3.05, 3.63) is 34.9 Å². The molecule has 2 aliphatic rings. The first-order chi connectivity index (χ1) is 13.5. The number of carbonyl (C=O) groups is 1. The van der Waals surface area contributed by atoms with Crippen LogP contribution >= 0.6 is 0 Å². The Bertz CT molecular complexity index is 1110. The number of nitrogen functional groups attached to an aromatic ring is 1. The standard InChI is InChI=1S/C19H20F3N5O2/c1-8-3-4-10(28)9(2)14(8)27-15(23)12(16(24)29)13-17(27)25-7-11(26-13)18(5-6-18)19(20,21)22/h4,7-8,28H,3,5-6,23H2,1-2H3,(H2,24,29)/t8-/m1/s1. The number of rotatable bonds is 3. The normalized spacial score (nSPS) is 21.4. The van der Waals surface area contributed by atoms with E-state index in [0.29, 0.717) is 17.7 Å². The Morgan fingerprint density at radius 1 is 1.38 bits per heavy atom. The largest absolute Gasteiger partial charge is 0.508 e. The van der Waals surface area contributed by atoms with E-state index in [1.165, 1.54) is 4.57 Å². The van der Waals surface area contributed by atoms with Crippen LogP contribution in [0.5, 0.6) is 0 Å². The number of halogens is 3. The number of alkyl halides is 3. The molecule has 0 unspecified atom stereocenters. The Morgan fingerprint density at radius 2 is 2.03 bits per heavy atom. The SMILES string of the molecule is CC1=C(n2c(N)c(C(N)=O)c3nc(C4(C(F)(F)F)CC4)cnc32)[C@H](C)CC=C1O. The highest BCUT2D eigenvalue weighted by molar-refractivity contribution is 6.10. The fourth-order valence-electron chi connectivity index (χ4n) is 4.03. The second kappa shape index (κ2) is 5.98. The molecular weight excluding hydrogens is 387 g/mol. The zero-order valence-corrected chi connectivity index (χ0v) is 15.8. The van der Waals surface area contributed by atoms with Crippen LogP contribution in [0.4, 0.5) is 19.0 Å². The molecule has 7 nitrogen and oxygen atoms in total. The van der Waals surface area contributed by atoms with Gasteiger partial charge in [-0.2, -0.15) is 13.2 Å². The minimum atomic E-state index is -4.47. The number of allylic oxidation sites excluding steroid dienone is 3. The molecule has 10 heteroatoms. The number of anilines is 1. The van der Waals surface area contributed by atoms with Crippen molar-refractivity contribution in [2.24, 2.45) is 11.7 Å². The van der Waals surface area contributed by atoms with Crippen LogP contribution in [0, 0.1) is 5.92 Å². The summed E-state index contributed by atoms with van der Waals surface area (Å²) in [6.45, 7) is 3.60. The Morgan fingerprint density at radius 3 is 2.59 bits per heavy atom. The maximum Gasteiger partial charge on any atom is 0.400 e. The molecule has 0 aliphatic heterocycles. The van der Waals surface area contributed by atoms with E-state index >= 15 is 0 Å². The van der Waals surface area contributed by atoms with Gasteiger partial charge < -0.3 is 16.6 Å². The van der Waals surface area contributed by atoms with E-state index in [4.69, 9.17) is 11.5 Å². The molecule has 2 aromatic rings. The fraction of sp³-hybridized carbons (Fsp3) is 0.421. The molecule has 2 aromatic heterocycles. The lowest BCUT2D eigenvalue weighted by atomic mass is 9.93. The number of hydrogen-bond acceptors (Lipinski definition) is 5. The Hall–Kier alpha value is -3.04. The minimum Gasteiger partial charge on any atom is -0.508 e. The fourth-order valence-corrected chi connectivity index (χ4v) is 4.03. The van der Waals surface area contributed by atoms with Crippen molar-refractivity contribution in [2.45, 2.75) is 44.7 Å². The molecular formula is C19H20F3N5O2. The lowest BCUT2D eigenvalue weighted by Gasteiger charge is -2.24. The number of carbonyl (C=O) groups excluding carboxylic acids is 1. The first-order valence-corrected chi connectivity index (χ1v) is 9.14. The summed E-state index contributed by atoms with van der Waals surface area (Å²) in [5, 5.41) is 10.2. The molecule has 1 saturated carbocycles. The van der Waals surface area contributed by atoms with E-state index in [1.807, 2.05) is 6.92 Å². The molecule has 2 aliphatic carbocycles. The van der Waals surface area contributed by atoms with Crippen LogP contribution in [-0.4, -0.2) is 31.7 Å². The van der Waals surface area contributed by atoms with Crippen molar-refractivity contribution in [3.8, 4) is 0 Å². The van der Waals surface area contributed by atoms with Gasteiger partial charge in [0.2, 0.25) is 0 Å². The summed E-state index contributed by atoms with van der Waals surface area (Å²) in [6, 6.07) is 0. The van der Waals surface area contributed by atoms with Crippen molar-refractivity contribution < 1.29 is 23.1 Å². The number of aliphatic hydroxyl groups is 1. The summed E-state index contributed by atoms with van der Waals surface area (Å²) in [7, 11) is 0. The molecule has 1 amide bonds. The van der Waals surface area contributed by atoms with Gasteiger partial charge in [0.25, 0.3) is 5.91 Å². The molecule has 5 N–H and O–H groups in total. The van der Waals surface area contributed by atoms with Crippen molar-refractivity contribution in [3.63, 3.8) is 0 Å². The smallest absolute Gasteiger partial charge is 0.400 e.